The highest BCUT2D eigenvalue weighted by Crippen LogP contribution is 2.17. The molecular formula is C54H99NO5. The molecule has 0 aromatic carbocycles. The average Bonchev–Trinajstić information content (AvgIpc) is 3.24. The van der Waals surface area contributed by atoms with E-state index in [1.165, 1.54) is 122 Å². The van der Waals surface area contributed by atoms with Crippen molar-refractivity contribution in [3.63, 3.8) is 0 Å². The quantitative estimate of drug-likeness (QED) is 0.0322. The highest BCUT2D eigenvalue weighted by Gasteiger charge is 2.24. The van der Waals surface area contributed by atoms with Crippen molar-refractivity contribution in [2.75, 3.05) is 6.61 Å². The van der Waals surface area contributed by atoms with Gasteiger partial charge in [0.05, 0.1) is 25.2 Å². The molecule has 0 aromatic rings. The number of carbonyl (C=O) groups is 2. The van der Waals surface area contributed by atoms with Crippen LogP contribution in [0.4, 0.5) is 0 Å². The molecule has 3 atom stereocenters. The summed E-state index contributed by atoms with van der Waals surface area (Å²) in [4.78, 5) is 26.1. The third-order valence-electron chi connectivity index (χ3n) is 11.6. The lowest BCUT2D eigenvalue weighted by atomic mass is 10.0. The van der Waals surface area contributed by atoms with Crippen LogP contribution >= 0.6 is 0 Å². The Labute approximate surface area is 372 Å². The largest absolute Gasteiger partial charge is 0.462 e. The van der Waals surface area contributed by atoms with E-state index in [9.17, 15) is 19.8 Å². The van der Waals surface area contributed by atoms with E-state index < -0.39 is 18.2 Å². The predicted molar refractivity (Wildman–Crippen MR) is 259 cm³/mol. The molecule has 0 saturated carbocycles. The monoisotopic (exact) mass is 842 g/mol. The van der Waals surface area contributed by atoms with Crippen LogP contribution in [0.15, 0.2) is 48.6 Å². The van der Waals surface area contributed by atoms with Gasteiger partial charge in [0.25, 0.3) is 0 Å². The molecule has 3 N–H and O–H groups in total. The maximum Gasteiger partial charge on any atom is 0.306 e. The van der Waals surface area contributed by atoms with Crippen LogP contribution in [0.2, 0.25) is 0 Å². The van der Waals surface area contributed by atoms with Gasteiger partial charge in [0.15, 0.2) is 0 Å². The third kappa shape index (κ3) is 42.5. The van der Waals surface area contributed by atoms with E-state index in [4.69, 9.17) is 4.74 Å². The van der Waals surface area contributed by atoms with Crippen molar-refractivity contribution in [1.82, 2.24) is 5.32 Å². The first-order valence-electron chi connectivity index (χ1n) is 25.9. The Bertz CT molecular complexity index is 1040. The van der Waals surface area contributed by atoms with Gasteiger partial charge in [-0.25, -0.2) is 0 Å². The van der Waals surface area contributed by atoms with Crippen molar-refractivity contribution < 1.29 is 24.5 Å². The number of aliphatic hydroxyl groups is 2. The Morgan fingerprint density at radius 3 is 1.40 bits per heavy atom. The Balaban J connectivity index is 4.59. The molecule has 0 rings (SSSR count). The van der Waals surface area contributed by atoms with Crippen molar-refractivity contribution >= 4 is 11.9 Å². The van der Waals surface area contributed by atoms with Gasteiger partial charge in [-0.15, -0.1) is 0 Å². The number of esters is 1. The summed E-state index contributed by atoms with van der Waals surface area (Å²) in [5, 5.41) is 23.8. The SMILES string of the molecule is CC/C=C/C/C=C/C/C=C/CCCCC(CC(=O)NC(CO)C(O)CCCCCCCCCCCCCCCCC)OC(=O)CCCCC/C=C\CCCCCCCCC. The minimum Gasteiger partial charge on any atom is -0.462 e. The molecule has 0 aliphatic carbocycles. The molecule has 0 bridgehead atoms. The predicted octanol–water partition coefficient (Wildman–Crippen LogP) is 15.5. The van der Waals surface area contributed by atoms with Gasteiger partial charge >= 0.3 is 5.97 Å². The number of allylic oxidation sites excluding steroid dienone is 8. The zero-order valence-corrected chi connectivity index (χ0v) is 39.8. The number of nitrogens with one attached hydrogen (secondary N) is 1. The molecule has 0 heterocycles. The summed E-state index contributed by atoms with van der Waals surface area (Å²) in [5.41, 5.74) is 0. The third-order valence-corrected chi connectivity index (χ3v) is 11.6. The molecule has 0 radical (unpaired) electrons. The van der Waals surface area contributed by atoms with E-state index in [0.29, 0.717) is 19.3 Å². The van der Waals surface area contributed by atoms with Crippen LogP contribution in [0.3, 0.4) is 0 Å². The van der Waals surface area contributed by atoms with E-state index >= 15 is 0 Å². The van der Waals surface area contributed by atoms with Crippen LogP contribution in [0, 0.1) is 0 Å². The van der Waals surface area contributed by atoms with Gasteiger partial charge in [-0.1, -0.05) is 211 Å². The van der Waals surface area contributed by atoms with E-state index in [1.54, 1.807) is 0 Å². The minimum atomic E-state index is -0.800. The molecule has 0 fully saturated rings. The van der Waals surface area contributed by atoms with Crippen molar-refractivity contribution in [3.05, 3.63) is 48.6 Å². The maximum atomic E-state index is 13.2. The van der Waals surface area contributed by atoms with Crippen LogP contribution in [-0.2, 0) is 14.3 Å². The molecule has 350 valence electrons. The lowest BCUT2D eigenvalue weighted by Gasteiger charge is -2.24. The fourth-order valence-corrected chi connectivity index (χ4v) is 7.73. The zero-order valence-electron chi connectivity index (χ0n) is 39.8. The summed E-state index contributed by atoms with van der Waals surface area (Å²) >= 11 is 0. The van der Waals surface area contributed by atoms with Gasteiger partial charge in [-0.05, 0) is 83.5 Å². The molecule has 0 spiro atoms. The number of hydrogen-bond donors (Lipinski definition) is 3. The van der Waals surface area contributed by atoms with Crippen LogP contribution in [0.25, 0.3) is 0 Å². The van der Waals surface area contributed by atoms with Gasteiger partial charge in [-0.3, -0.25) is 9.59 Å². The van der Waals surface area contributed by atoms with E-state index in [-0.39, 0.29) is 24.9 Å². The Morgan fingerprint density at radius 2 is 0.900 bits per heavy atom. The molecular weight excluding hydrogens is 743 g/mol. The normalized spacial score (nSPS) is 13.6. The number of unbranched alkanes of at least 4 members (excludes halogenated alkanes) is 26. The summed E-state index contributed by atoms with van der Waals surface area (Å²) < 4.78 is 5.90. The Morgan fingerprint density at radius 1 is 0.500 bits per heavy atom. The first-order valence-corrected chi connectivity index (χ1v) is 25.9. The molecule has 0 aliphatic heterocycles. The number of hydrogen-bond acceptors (Lipinski definition) is 5. The number of aliphatic hydroxyl groups excluding tert-OH is 2. The topological polar surface area (TPSA) is 95.9 Å². The molecule has 6 nitrogen and oxygen atoms in total. The second-order valence-corrected chi connectivity index (χ2v) is 17.5. The Kier molecular flexibility index (Phi) is 46.1. The summed E-state index contributed by atoms with van der Waals surface area (Å²) in [7, 11) is 0. The molecule has 60 heavy (non-hydrogen) atoms. The summed E-state index contributed by atoms with van der Waals surface area (Å²) in [6.45, 7) is 6.36. The number of amides is 1. The van der Waals surface area contributed by atoms with Crippen LogP contribution in [0.5, 0.6) is 0 Å². The van der Waals surface area contributed by atoms with E-state index in [0.717, 1.165) is 89.9 Å². The first-order chi connectivity index (χ1) is 29.5. The van der Waals surface area contributed by atoms with Gasteiger partial charge in [0, 0.05) is 6.42 Å². The second-order valence-electron chi connectivity index (χ2n) is 17.5. The van der Waals surface area contributed by atoms with Gasteiger partial charge in [0.2, 0.25) is 5.91 Å². The molecule has 1 amide bonds. The summed E-state index contributed by atoms with van der Waals surface area (Å²) in [6, 6.07) is -0.716. The Hall–Kier alpha value is -2.18. The van der Waals surface area contributed by atoms with E-state index in [1.807, 2.05) is 0 Å². The summed E-state index contributed by atoms with van der Waals surface area (Å²) in [5.74, 6) is -0.527. The fraction of sp³-hybridized carbons (Fsp3) is 0.815. The zero-order chi connectivity index (χ0) is 43.8. The van der Waals surface area contributed by atoms with Crippen molar-refractivity contribution in [2.45, 2.75) is 277 Å². The molecule has 0 saturated heterocycles. The standard InChI is InChI=1S/C54H99NO5/c1-4-7-10-13-16-19-22-25-27-28-31-34-37-40-43-46-52(57)51(49-56)55-53(58)48-50(45-42-39-36-33-30-24-21-18-15-12-9-6-3)60-54(59)47-44-41-38-35-32-29-26-23-20-17-14-11-8-5-2/h9,12,18,21,29-30,32-33,50-52,56-57H,4-8,10-11,13-17,19-20,22-28,31,34-49H2,1-3H3,(H,55,58)/b12-9+,21-18+,32-29-,33-30+. The fourth-order valence-electron chi connectivity index (χ4n) is 7.73. The van der Waals surface area contributed by atoms with Gasteiger partial charge in [-0.2, -0.15) is 0 Å². The smallest absolute Gasteiger partial charge is 0.306 e. The van der Waals surface area contributed by atoms with Crippen LogP contribution in [-0.4, -0.2) is 46.9 Å². The minimum absolute atomic E-state index is 0.0462. The van der Waals surface area contributed by atoms with Crippen LogP contribution < -0.4 is 5.32 Å². The van der Waals surface area contributed by atoms with Gasteiger partial charge < -0.3 is 20.3 Å². The summed E-state index contributed by atoms with van der Waals surface area (Å²) in [6.07, 6.45) is 57.5. The number of rotatable bonds is 46. The van der Waals surface area contributed by atoms with E-state index in [2.05, 4.69) is 74.7 Å². The van der Waals surface area contributed by atoms with Gasteiger partial charge in [0.1, 0.15) is 6.10 Å². The lowest BCUT2D eigenvalue weighted by Crippen LogP contribution is -2.46. The second kappa shape index (κ2) is 47.9. The highest BCUT2D eigenvalue weighted by molar-refractivity contribution is 5.77. The average molecular weight is 842 g/mol. The van der Waals surface area contributed by atoms with Crippen molar-refractivity contribution in [3.8, 4) is 0 Å². The maximum absolute atomic E-state index is 13.2. The van der Waals surface area contributed by atoms with Crippen molar-refractivity contribution in [1.29, 1.82) is 0 Å². The first kappa shape index (κ1) is 57.8. The molecule has 6 heteroatoms. The lowest BCUT2D eigenvalue weighted by molar-refractivity contribution is -0.151. The van der Waals surface area contributed by atoms with Crippen molar-refractivity contribution in [2.24, 2.45) is 0 Å². The highest BCUT2D eigenvalue weighted by atomic mass is 16.5. The number of ether oxygens (including phenoxy) is 1. The van der Waals surface area contributed by atoms with Crippen LogP contribution in [0.1, 0.15) is 258 Å². The molecule has 3 unspecified atom stereocenters. The number of carbonyl (C=O) groups excluding carboxylic acids is 2. The molecule has 0 aromatic heterocycles. The molecule has 0 aliphatic rings.